The molecule has 0 aliphatic rings. The Hall–Kier alpha value is -3.37. The van der Waals surface area contributed by atoms with E-state index in [-0.39, 0.29) is 44.6 Å². The predicted octanol–water partition coefficient (Wildman–Crippen LogP) is 6.10. The van der Waals surface area contributed by atoms with Crippen molar-refractivity contribution < 1.29 is 24.1 Å². The van der Waals surface area contributed by atoms with Crippen LogP contribution in [-0.4, -0.2) is 72.0 Å². The van der Waals surface area contributed by atoms with Crippen LogP contribution in [-0.2, 0) is 4.74 Å². The van der Waals surface area contributed by atoms with Gasteiger partial charge in [-0.25, -0.2) is 14.8 Å². The molecule has 0 aromatic heterocycles. The van der Waals surface area contributed by atoms with Gasteiger partial charge in [-0.3, -0.25) is 4.79 Å². The first-order valence-corrected chi connectivity index (χ1v) is 13.7. The van der Waals surface area contributed by atoms with Crippen LogP contribution in [0.5, 0.6) is 5.75 Å². The first-order valence-electron chi connectivity index (χ1n) is 11.8. The number of carbonyl (C=O) groups excluding carboxylic acids is 1. The van der Waals surface area contributed by atoms with Crippen molar-refractivity contribution in [1.82, 2.24) is 15.6 Å². The van der Waals surface area contributed by atoms with Crippen LogP contribution in [0.2, 0.25) is 5.02 Å². The molecule has 0 radical (unpaired) electrons. The van der Waals surface area contributed by atoms with Gasteiger partial charge in [-0.15, -0.1) is 12.8 Å². The summed E-state index contributed by atoms with van der Waals surface area (Å²) in [4.78, 5) is 21.3. The number of aliphatic imine (C=N–C) groups is 2. The van der Waals surface area contributed by atoms with Gasteiger partial charge in [0, 0.05) is 31.7 Å². The summed E-state index contributed by atoms with van der Waals surface area (Å²) < 4.78 is 18.7. The predicted molar refractivity (Wildman–Crippen MR) is 171 cm³/mol. The van der Waals surface area contributed by atoms with Crippen molar-refractivity contribution in [3.63, 3.8) is 0 Å². The summed E-state index contributed by atoms with van der Waals surface area (Å²) in [6, 6.07) is 4.32. The lowest BCUT2D eigenvalue weighted by atomic mass is 10.2. The van der Waals surface area contributed by atoms with Crippen molar-refractivity contribution in [2.24, 2.45) is 15.1 Å². The summed E-state index contributed by atoms with van der Waals surface area (Å²) in [5.74, 6) is -1.10. The molecule has 0 unspecified atom stereocenters. The second-order valence-corrected chi connectivity index (χ2v) is 8.77. The molecule has 0 heterocycles. The van der Waals surface area contributed by atoms with Crippen molar-refractivity contribution in [2.75, 3.05) is 32.1 Å². The van der Waals surface area contributed by atoms with E-state index in [1.54, 1.807) is 18.9 Å². The molecular formula is C27H36BrCl2FN6O4. The second-order valence-electron chi connectivity index (χ2n) is 7.34. The summed E-state index contributed by atoms with van der Waals surface area (Å²) in [5.41, 5.74) is 2.83. The number of amides is 1. The maximum Gasteiger partial charge on any atom is 0.257 e. The summed E-state index contributed by atoms with van der Waals surface area (Å²) in [7, 11) is 1.73. The molecule has 0 bridgehead atoms. The van der Waals surface area contributed by atoms with E-state index in [4.69, 9.17) is 27.9 Å². The fourth-order valence-electron chi connectivity index (χ4n) is 2.53. The number of alkyl halides is 1. The van der Waals surface area contributed by atoms with Gasteiger partial charge >= 0.3 is 0 Å². The van der Waals surface area contributed by atoms with Crippen LogP contribution in [0.4, 0.5) is 4.39 Å². The molecule has 0 atom stereocenters. The number of aromatic hydroxyl groups is 1. The Morgan fingerprint density at radius 2 is 1.98 bits per heavy atom. The Balaban J connectivity index is 0. The molecule has 1 rings (SSSR count). The summed E-state index contributed by atoms with van der Waals surface area (Å²) >= 11 is 14.8. The Labute approximate surface area is 259 Å². The lowest BCUT2D eigenvalue weighted by Crippen LogP contribution is -2.25. The maximum atomic E-state index is 13.5. The van der Waals surface area contributed by atoms with Gasteiger partial charge in [0.05, 0.1) is 27.9 Å². The number of aliphatic hydroxyl groups excluding tert-OH is 1. The summed E-state index contributed by atoms with van der Waals surface area (Å²) in [6.07, 6.45) is 11.1. The largest absolute Gasteiger partial charge is 0.506 e. The lowest BCUT2D eigenvalue weighted by Gasteiger charge is -2.19. The van der Waals surface area contributed by atoms with Crippen molar-refractivity contribution in [3.8, 4) is 18.6 Å². The van der Waals surface area contributed by atoms with Crippen LogP contribution in [0.15, 0.2) is 67.5 Å². The fraction of sp³-hybridized carbons (Fsp3) is 0.333. The minimum Gasteiger partial charge on any atom is -0.506 e. The lowest BCUT2D eigenvalue weighted by molar-refractivity contribution is 0.0963. The Morgan fingerprint density at radius 3 is 2.49 bits per heavy atom. The summed E-state index contributed by atoms with van der Waals surface area (Å²) in [6.45, 7) is 11.5. The zero-order chi connectivity index (χ0) is 32.0. The molecule has 10 nitrogen and oxygen atoms in total. The van der Waals surface area contributed by atoms with Gasteiger partial charge in [-0.1, -0.05) is 51.3 Å². The number of aliphatic hydroxyl groups is 1. The van der Waals surface area contributed by atoms with E-state index >= 15 is 0 Å². The number of carbonyl (C=O) groups is 1. The number of nitrogens with zero attached hydrogens (tertiary/aromatic N) is 4. The quantitative estimate of drug-likeness (QED) is 0.0327. The van der Waals surface area contributed by atoms with E-state index in [1.165, 1.54) is 44.3 Å². The fourth-order valence-corrected chi connectivity index (χ4v) is 3.47. The highest BCUT2D eigenvalue weighted by Crippen LogP contribution is 2.27. The first kappa shape index (κ1) is 39.8. The highest BCUT2D eigenvalue weighted by Gasteiger charge is 2.15. The molecular weight excluding hydrogens is 642 g/mol. The first-order chi connectivity index (χ1) is 19.4. The van der Waals surface area contributed by atoms with E-state index in [0.717, 1.165) is 0 Å². The number of hydrazone groups is 1. The number of likely N-dealkylation sites (N-methyl/N-ethyl adjacent to an activating group) is 1. The highest BCUT2D eigenvalue weighted by atomic mass is 79.9. The number of halogens is 4. The third-order valence-corrected chi connectivity index (χ3v) is 5.52. The molecule has 1 amide bonds. The molecule has 0 spiro atoms. The Morgan fingerprint density at radius 1 is 1.34 bits per heavy atom. The number of hydrogen-bond donors (Lipinski definition) is 4. The molecule has 0 saturated carbocycles. The SMILES string of the molecule is C#C.C/C(NC(=O)c1cccc(O)c1Cl)=C(O)\C(Cl)=C/CBr.C=N/C(=N\C(=C(/C)F)N(C)CCOCC)N/N=C\C. The van der Waals surface area contributed by atoms with E-state index in [0.29, 0.717) is 25.1 Å². The van der Waals surface area contributed by atoms with Crippen LogP contribution in [0.3, 0.4) is 0 Å². The standard InChI is InChI=1S/C13H12BrCl2NO3.C12H22FN5O.C2H2/c1-7(12(19)9(15)5-6-14)17-13(20)8-3-2-4-10(18)11(8)16;1-6-15-17-12(14-4)16-11(10(3)13)18(5)8-9-19-7-2;1-2/h2-5,18-19H,6H2,1H3,(H,17,20);6H,4,7-9H2,1-3,5H3,(H,16,17);1-2H/b9-5+,12-7-;11-10-,15-6-;. The smallest absolute Gasteiger partial charge is 0.257 e. The van der Waals surface area contributed by atoms with Gasteiger partial charge in [-0.2, -0.15) is 10.1 Å². The Kier molecular flexibility index (Phi) is 22.6. The number of terminal acetylenes is 1. The minimum absolute atomic E-state index is 0.0561. The molecule has 41 heavy (non-hydrogen) atoms. The number of benzene rings is 1. The van der Waals surface area contributed by atoms with Gasteiger partial charge < -0.3 is 25.2 Å². The zero-order valence-corrected chi connectivity index (χ0v) is 26.7. The van der Waals surface area contributed by atoms with Crippen LogP contribution in [0.25, 0.3) is 0 Å². The number of guanidine groups is 1. The monoisotopic (exact) mass is 676 g/mol. The van der Waals surface area contributed by atoms with Crippen molar-refractivity contribution in [1.29, 1.82) is 0 Å². The van der Waals surface area contributed by atoms with Crippen molar-refractivity contribution in [2.45, 2.75) is 27.7 Å². The summed E-state index contributed by atoms with van der Waals surface area (Å²) in [5, 5.41) is 26.0. The molecule has 226 valence electrons. The second kappa shape index (κ2) is 23.3. The zero-order valence-electron chi connectivity index (χ0n) is 23.6. The average Bonchev–Trinajstić information content (AvgIpc) is 2.95. The molecule has 0 aliphatic heterocycles. The maximum absolute atomic E-state index is 13.5. The van der Waals surface area contributed by atoms with Crippen molar-refractivity contribution in [3.05, 3.63) is 63.0 Å². The van der Waals surface area contributed by atoms with Gasteiger partial charge in [0.15, 0.2) is 11.6 Å². The number of ether oxygens (including phenoxy) is 1. The Bertz CT molecular complexity index is 1170. The van der Waals surface area contributed by atoms with E-state index in [2.05, 4.69) is 61.3 Å². The van der Waals surface area contributed by atoms with Gasteiger partial charge in [-0.05, 0) is 46.5 Å². The number of nitrogens with one attached hydrogen (secondary N) is 2. The minimum atomic E-state index is -0.557. The van der Waals surface area contributed by atoms with Crippen LogP contribution >= 0.6 is 39.1 Å². The molecule has 14 heteroatoms. The normalized spacial score (nSPS) is 12.6. The van der Waals surface area contributed by atoms with Crippen molar-refractivity contribution >= 4 is 63.9 Å². The van der Waals surface area contributed by atoms with Gasteiger partial charge in [0.25, 0.3) is 5.91 Å². The van der Waals surface area contributed by atoms with Crippen LogP contribution in [0.1, 0.15) is 38.1 Å². The third kappa shape index (κ3) is 15.9. The number of phenols is 1. The molecule has 4 N–H and O–H groups in total. The van der Waals surface area contributed by atoms with Crippen LogP contribution < -0.4 is 10.7 Å². The molecule has 0 aliphatic carbocycles. The van der Waals surface area contributed by atoms with E-state index < -0.39 is 11.7 Å². The van der Waals surface area contributed by atoms with Crippen LogP contribution in [0, 0.1) is 12.8 Å². The molecule has 0 saturated heterocycles. The number of phenolic OH excluding ortho intramolecular Hbond substituents is 1. The highest BCUT2D eigenvalue weighted by molar-refractivity contribution is 9.09. The van der Waals surface area contributed by atoms with E-state index in [1.807, 2.05) is 6.92 Å². The van der Waals surface area contributed by atoms with E-state index in [9.17, 15) is 19.4 Å². The average molecular weight is 678 g/mol. The topological polar surface area (TPSA) is 131 Å². The number of rotatable bonds is 11. The molecule has 1 aromatic rings. The number of hydrogen-bond acceptors (Lipinski definition) is 7. The molecule has 0 fully saturated rings. The molecule has 1 aromatic carbocycles. The third-order valence-electron chi connectivity index (χ3n) is 4.46. The van der Waals surface area contributed by atoms with Gasteiger partial charge in [0.2, 0.25) is 5.96 Å². The van der Waals surface area contributed by atoms with Gasteiger partial charge in [0.1, 0.15) is 11.6 Å². The number of allylic oxidation sites excluding steroid dienone is 4.